The summed E-state index contributed by atoms with van der Waals surface area (Å²) in [6.45, 7) is 5.50. The number of nitrogens with one attached hydrogen (secondary N) is 1. The van der Waals surface area contributed by atoms with Crippen LogP contribution in [0.15, 0.2) is 0 Å². The van der Waals surface area contributed by atoms with E-state index >= 15 is 0 Å². The third-order valence-electron chi connectivity index (χ3n) is 2.03. The molecular weight excluding hydrogens is 235 g/mol. The second kappa shape index (κ2) is 15.0. The molecule has 1 nitrogen and oxygen atoms in total. The Morgan fingerprint density at radius 3 is 2.33 bits per heavy atom. The van der Waals surface area contributed by atoms with Crippen molar-refractivity contribution in [2.75, 3.05) is 12.3 Å². The van der Waals surface area contributed by atoms with Gasteiger partial charge in [-0.05, 0) is 12.8 Å². The molecule has 0 bridgehead atoms. The van der Waals surface area contributed by atoms with Gasteiger partial charge in [0.2, 0.25) is 0 Å². The molecule has 1 N–H and O–H groups in total. The van der Waals surface area contributed by atoms with Crippen molar-refractivity contribution in [3.63, 3.8) is 0 Å². The van der Waals surface area contributed by atoms with E-state index in [0.29, 0.717) is 0 Å². The Morgan fingerprint density at radius 2 is 1.73 bits per heavy atom. The Balaban J connectivity index is -0.000000282. The maximum absolute atomic E-state index is 5.21. The number of rotatable bonds is 8. The first-order valence-electron chi connectivity index (χ1n) is 5.71. The third kappa shape index (κ3) is 15.0. The van der Waals surface area contributed by atoms with Crippen molar-refractivity contribution in [1.29, 1.82) is 0 Å². The van der Waals surface area contributed by atoms with Crippen LogP contribution in [0, 0.1) is 0 Å². The Bertz CT molecular complexity index is 137. The van der Waals surface area contributed by atoms with Crippen LogP contribution in [0.4, 0.5) is 0 Å². The zero-order valence-electron chi connectivity index (χ0n) is 12.2. The maximum atomic E-state index is 5.21. The summed E-state index contributed by atoms with van der Waals surface area (Å²) in [5.41, 5.74) is 0. The summed E-state index contributed by atoms with van der Waals surface area (Å²) in [5.74, 6) is 1.17. The number of unbranched alkanes of at least 4 members (excludes halogenated alkanes) is 4. The largest absolute Gasteiger partial charge is 2.00 e. The zero-order chi connectivity index (χ0) is 10.6. The molecule has 0 fully saturated rings. The van der Waals surface area contributed by atoms with Crippen LogP contribution in [0.3, 0.4) is 0 Å². The normalized spacial score (nSPS) is 9.47. The molecule has 0 aromatic heterocycles. The standard InChI is InChI=1S/C11H23NS2.Mg.2H/c1-3-5-7-9-12-11(13)14-10-8-6-4-2;;;/h3-10H2,1-2H3,(H,12,13);;;/q;+2;2*-1. The summed E-state index contributed by atoms with van der Waals surface area (Å²) in [5, 5.41) is 3.29. The van der Waals surface area contributed by atoms with Crippen LogP contribution in [-0.4, -0.2) is 39.7 Å². The molecule has 0 saturated carbocycles. The van der Waals surface area contributed by atoms with Crippen LogP contribution in [0.25, 0.3) is 0 Å². The molecule has 0 aliphatic heterocycles. The van der Waals surface area contributed by atoms with Crippen molar-refractivity contribution in [1.82, 2.24) is 5.32 Å². The number of thioether (sulfide) groups is 1. The van der Waals surface area contributed by atoms with E-state index in [9.17, 15) is 0 Å². The van der Waals surface area contributed by atoms with Crippen molar-refractivity contribution in [2.24, 2.45) is 0 Å². The minimum absolute atomic E-state index is 0. The first-order valence-corrected chi connectivity index (χ1v) is 7.11. The van der Waals surface area contributed by atoms with Gasteiger partial charge < -0.3 is 8.17 Å². The summed E-state index contributed by atoms with van der Waals surface area (Å²) in [4.78, 5) is 0. The summed E-state index contributed by atoms with van der Waals surface area (Å²) in [7, 11) is 0. The van der Waals surface area contributed by atoms with Gasteiger partial charge in [-0.3, -0.25) is 0 Å². The summed E-state index contributed by atoms with van der Waals surface area (Å²) >= 11 is 7.00. The molecule has 0 radical (unpaired) electrons. The molecule has 4 heteroatoms. The van der Waals surface area contributed by atoms with Crippen molar-refractivity contribution in [3.05, 3.63) is 0 Å². The van der Waals surface area contributed by atoms with E-state index in [1.54, 1.807) is 11.8 Å². The van der Waals surface area contributed by atoms with Gasteiger partial charge in [-0.15, -0.1) is 0 Å². The molecule has 0 unspecified atom stereocenters. The Kier molecular flexibility index (Phi) is 18.4. The second-order valence-electron chi connectivity index (χ2n) is 3.48. The molecule has 0 heterocycles. The molecule has 15 heavy (non-hydrogen) atoms. The van der Waals surface area contributed by atoms with Gasteiger partial charge in [0.15, 0.2) is 0 Å². The molecule has 0 spiro atoms. The first kappa shape index (κ1) is 18.4. The van der Waals surface area contributed by atoms with Gasteiger partial charge in [0.25, 0.3) is 0 Å². The monoisotopic (exact) mass is 259 g/mol. The van der Waals surface area contributed by atoms with Crippen LogP contribution in [0.1, 0.15) is 55.2 Å². The van der Waals surface area contributed by atoms with E-state index in [-0.39, 0.29) is 25.9 Å². The Labute approximate surface area is 124 Å². The van der Waals surface area contributed by atoms with Crippen LogP contribution in [0.2, 0.25) is 0 Å². The molecule has 0 saturated heterocycles. The van der Waals surface area contributed by atoms with E-state index in [4.69, 9.17) is 12.2 Å². The van der Waals surface area contributed by atoms with Gasteiger partial charge in [0, 0.05) is 12.3 Å². The fraction of sp³-hybridized carbons (Fsp3) is 0.909. The predicted molar refractivity (Wildman–Crippen MR) is 80.1 cm³/mol. The van der Waals surface area contributed by atoms with Gasteiger partial charge in [-0.1, -0.05) is 63.5 Å². The zero-order valence-corrected chi connectivity index (χ0v) is 13.2. The molecule has 0 aliphatic rings. The smallest absolute Gasteiger partial charge is 1.00 e. The van der Waals surface area contributed by atoms with Crippen LogP contribution >= 0.6 is 24.0 Å². The maximum Gasteiger partial charge on any atom is 2.00 e. The minimum Gasteiger partial charge on any atom is -1.00 e. The molecule has 0 aliphatic carbocycles. The number of hydrogen-bond donors (Lipinski definition) is 1. The first-order chi connectivity index (χ1) is 6.81. The minimum atomic E-state index is 0. The fourth-order valence-electron chi connectivity index (χ4n) is 1.13. The summed E-state index contributed by atoms with van der Waals surface area (Å²) in [6.07, 6.45) is 7.72. The van der Waals surface area contributed by atoms with Crippen molar-refractivity contribution < 1.29 is 2.85 Å². The summed E-state index contributed by atoms with van der Waals surface area (Å²) < 4.78 is 0.984. The van der Waals surface area contributed by atoms with E-state index in [1.807, 2.05) is 0 Å². The molecule has 0 amide bonds. The molecule has 0 aromatic rings. The topological polar surface area (TPSA) is 12.0 Å². The van der Waals surface area contributed by atoms with Gasteiger partial charge in [-0.25, -0.2) is 0 Å². The molecule has 0 atom stereocenters. The van der Waals surface area contributed by atoms with Gasteiger partial charge in [0.1, 0.15) is 4.32 Å². The number of thiocarbonyl (C=S) groups is 1. The van der Waals surface area contributed by atoms with Crippen LogP contribution < -0.4 is 5.32 Å². The van der Waals surface area contributed by atoms with Crippen LogP contribution in [-0.2, 0) is 0 Å². The van der Waals surface area contributed by atoms with E-state index < -0.39 is 0 Å². The molecule has 0 rings (SSSR count). The van der Waals surface area contributed by atoms with Crippen molar-refractivity contribution in [3.8, 4) is 0 Å². The quantitative estimate of drug-likeness (QED) is 0.404. The van der Waals surface area contributed by atoms with Crippen molar-refractivity contribution in [2.45, 2.75) is 52.4 Å². The van der Waals surface area contributed by atoms with Gasteiger partial charge >= 0.3 is 23.1 Å². The van der Waals surface area contributed by atoms with Crippen LogP contribution in [0.5, 0.6) is 0 Å². The second-order valence-corrected chi connectivity index (χ2v) is 5.25. The van der Waals surface area contributed by atoms with Gasteiger partial charge in [0.05, 0.1) is 0 Å². The van der Waals surface area contributed by atoms with E-state index in [1.165, 1.54) is 44.3 Å². The Hall–Kier alpha value is 1.01. The SMILES string of the molecule is CCCCCNC(=S)SCCCCC.[H-].[H-].[Mg+2]. The van der Waals surface area contributed by atoms with E-state index in [2.05, 4.69) is 19.2 Å². The van der Waals surface area contributed by atoms with Gasteiger partial charge in [-0.2, -0.15) is 0 Å². The molecule has 88 valence electrons. The molecule has 0 aromatic carbocycles. The Morgan fingerprint density at radius 1 is 1.13 bits per heavy atom. The number of hydrogen-bond acceptors (Lipinski definition) is 2. The third-order valence-corrected chi connectivity index (χ3v) is 3.43. The molecular formula is C11H25MgNS2. The van der Waals surface area contributed by atoms with Crippen molar-refractivity contribution >= 4 is 51.4 Å². The predicted octanol–water partition coefficient (Wildman–Crippen LogP) is 3.82. The average molecular weight is 260 g/mol. The summed E-state index contributed by atoms with van der Waals surface area (Å²) in [6, 6.07) is 0. The van der Waals surface area contributed by atoms with E-state index in [0.717, 1.165) is 10.9 Å². The fourth-order valence-corrected chi connectivity index (χ4v) is 2.22. The average Bonchev–Trinajstić information content (AvgIpc) is 2.19.